The molecular formula is C18H22N4O2. The smallest absolute Gasteiger partial charge is 0.225 e. The molecule has 0 aliphatic carbocycles. The molecule has 2 aliphatic rings. The first kappa shape index (κ1) is 15.4. The van der Waals surface area contributed by atoms with Crippen molar-refractivity contribution >= 4 is 5.95 Å². The van der Waals surface area contributed by atoms with E-state index in [1.807, 2.05) is 18.2 Å². The number of hydrogen-bond donors (Lipinski definition) is 0. The maximum Gasteiger partial charge on any atom is 0.225 e. The number of likely N-dealkylation sites (tertiary alicyclic amines) is 1. The van der Waals surface area contributed by atoms with E-state index in [4.69, 9.17) is 9.47 Å². The molecule has 6 nitrogen and oxygen atoms in total. The summed E-state index contributed by atoms with van der Waals surface area (Å²) in [5.41, 5.74) is 1.29. The van der Waals surface area contributed by atoms with Gasteiger partial charge in [-0.1, -0.05) is 12.1 Å². The second-order valence-corrected chi connectivity index (χ2v) is 6.26. The van der Waals surface area contributed by atoms with Crippen LogP contribution in [0.4, 0.5) is 5.95 Å². The van der Waals surface area contributed by atoms with Crippen LogP contribution in [0.5, 0.6) is 5.75 Å². The van der Waals surface area contributed by atoms with Crippen molar-refractivity contribution < 1.29 is 9.47 Å². The van der Waals surface area contributed by atoms with Crippen LogP contribution in [0.25, 0.3) is 0 Å². The lowest BCUT2D eigenvalue weighted by Crippen LogP contribution is -2.51. The molecule has 2 saturated heterocycles. The van der Waals surface area contributed by atoms with Crippen molar-refractivity contribution in [1.29, 1.82) is 0 Å². The van der Waals surface area contributed by atoms with E-state index in [0.29, 0.717) is 6.04 Å². The molecule has 0 radical (unpaired) electrons. The van der Waals surface area contributed by atoms with Crippen LogP contribution >= 0.6 is 0 Å². The average Bonchev–Trinajstić information content (AvgIpc) is 3.05. The number of anilines is 1. The summed E-state index contributed by atoms with van der Waals surface area (Å²) >= 11 is 0. The van der Waals surface area contributed by atoms with Gasteiger partial charge in [-0.25, -0.2) is 9.97 Å². The fraction of sp³-hybridized carbons (Fsp3) is 0.444. The average molecular weight is 326 g/mol. The number of rotatable bonds is 4. The molecule has 0 N–H and O–H groups in total. The molecule has 0 amide bonds. The van der Waals surface area contributed by atoms with Gasteiger partial charge in [0.05, 0.1) is 25.9 Å². The van der Waals surface area contributed by atoms with E-state index < -0.39 is 0 Å². The Bertz CT molecular complexity index is 664. The Hall–Kier alpha value is -2.18. The molecule has 0 spiro atoms. The van der Waals surface area contributed by atoms with Gasteiger partial charge in [0.25, 0.3) is 0 Å². The SMILES string of the molecule is COc1ccc(CN2C[C@H]3OCCN(c4ncccn4)[C@H]3C2)cc1. The van der Waals surface area contributed by atoms with Gasteiger partial charge in [0, 0.05) is 38.6 Å². The third-order valence-corrected chi connectivity index (χ3v) is 4.75. The molecule has 126 valence electrons. The Morgan fingerprint density at radius 3 is 2.71 bits per heavy atom. The summed E-state index contributed by atoms with van der Waals surface area (Å²) in [7, 11) is 1.69. The lowest BCUT2D eigenvalue weighted by atomic mass is 10.1. The number of morpholine rings is 1. The topological polar surface area (TPSA) is 50.7 Å². The highest BCUT2D eigenvalue weighted by Crippen LogP contribution is 2.27. The van der Waals surface area contributed by atoms with Crippen LogP contribution < -0.4 is 9.64 Å². The fourth-order valence-corrected chi connectivity index (χ4v) is 3.57. The highest BCUT2D eigenvalue weighted by molar-refractivity contribution is 5.34. The van der Waals surface area contributed by atoms with Gasteiger partial charge < -0.3 is 14.4 Å². The van der Waals surface area contributed by atoms with E-state index in [0.717, 1.165) is 44.5 Å². The summed E-state index contributed by atoms with van der Waals surface area (Å²) < 4.78 is 11.2. The normalized spacial score (nSPS) is 24.0. The van der Waals surface area contributed by atoms with Gasteiger partial charge in [-0.05, 0) is 23.8 Å². The van der Waals surface area contributed by atoms with Crippen molar-refractivity contribution in [2.45, 2.75) is 18.7 Å². The molecular weight excluding hydrogens is 304 g/mol. The maximum atomic E-state index is 6.00. The molecule has 0 saturated carbocycles. The minimum absolute atomic E-state index is 0.223. The van der Waals surface area contributed by atoms with E-state index >= 15 is 0 Å². The predicted molar refractivity (Wildman–Crippen MR) is 91.2 cm³/mol. The van der Waals surface area contributed by atoms with Crippen LogP contribution in [-0.2, 0) is 11.3 Å². The molecule has 1 aromatic heterocycles. The van der Waals surface area contributed by atoms with Crippen molar-refractivity contribution in [3.63, 3.8) is 0 Å². The first-order chi connectivity index (χ1) is 11.8. The molecule has 0 unspecified atom stereocenters. The Morgan fingerprint density at radius 1 is 1.17 bits per heavy atom. The summed E-state index contributed by atoms with van der Waals surface area (Å²) in [4.78, 5) is 13.6. The molecule has 2 aromatic rings. The lowest BCUT2D eigenvalue weighted by molar-refractivity contribution is 0.0300. The predicted octanol–water partition coefficient (Wildman–Crippen LogP) is 1.57. The van der Waals surface area contributed by atoms with E-state index in [-0.39, 0.29) is 6.10 Å². The molecule has 6 heteroatoms. The van der Waals surface area contributed by atoms with Crippen molar-refractivity contribution in [2.24, 2.45) is 0 Å². The van der Waals surface area contributed by atoms with E-state index in [1.54, 1.807) is 19.5 Å². The molecule has 4 rings (SSSR count). The van der Waals surface area contributed by atoms with Gasteiger partial charge in [0.15, 0.2) is 0 Å². The number of nitrogens with zero attached hydrogens (tertiary/aromatic N) is 4. The van der Waals surface area contributed by atoms with Crippen molar-refractivity contribution in [3.05, 3.63) is 48.3 Å². The van der Waals surface area contributed by atoms with Gasteiger partial charge in [-0.15, -0.1) is 0 Å². The second-order valence-electron chi connectivity index (χ2n) is 6.26. The summed E-state index contributed by atoms with van der Waals surface area (Å²) in [5.74, 6) is 1.70. The van der Waals surface area contributed by atoms with E-state index in [1.165, 1.54) is 5.56 Å². The highest BCUT2D eigenvalue weighted by Gasteiger charge is 2.40. The van der Waals surface area contributed by atoms with Crippen LogP contribution in [-0.4, -0.2) is 60.4 Å². The molecule has 2 fully saturated rings. The van der Waals surface area contributed by atoms with Crippen molar-refractivity contribution in [2.75, 3.05) is 38.3 Å². The first-order valence-corrected chi connectivity index (χ1v) is 8.34. The van der Waals surface area contributed by atoms with Crippen LogP contribution in [0, 0.1) is 0 Å². The van der Waals surface area contributed by atoms with Crippen LogP contribution in [0.1, 0.15) is 5.56 Å². The Morgan fingerprint density at radius 2 is 1.96 bits per heavy atom. The summed E-state index contributed by atoms with van der Waals surface area (Å²) in [6, 6.07) is 10.4. The minimum Gasteiger partial charge on any atom is -0.497 e. The lowest BCUT2D eigenvalue weighted by Gasteiger charge is -2.36. The zero-order valence-corrected chi connectivity index (χ0v) is 13.8. The maximum absolute atomic E-state index is 6.00. The summed E-state index contributed by atoms with van der Waals surface area (Å²) in [6.07, 6.45) is 3.83. The van der Waals surface area contributed by atoms with E-state index in [2.05, 4.69) is 31.9 Å². The molecule has 1 aromatic carbocycles. The van der Waals surface area contributed by atoms with Gasteiger partial charge in [0.2, 0.25) is 5.95 Å². The number of benzene rings is 1. The van der Waals surface area contributed by atoms with Crippen LogP contribution in [0.2, 0.25) is 0 Å². The first-order valence-electron chi connectivity index (χ1n) is 8.34. The van der Waals surface area contributed by atoms with Crippen LogP contribution in [0.15, 0.2) is 42.7 Å². The largest absolute Gasteiger partial charge is 0.497 e. The third-order valence-electron chi connectivity index (χ3n) is 4.75. The van der Waals surface area contributed by atoms with Gasteiger partial charge in [-0.3, -0.25) is 4.90 Å². The highest BCUT2D eigenvalue weighted by atomic mass is 16.5. The Labute approximate surface area is 142 Å². The number of methoxy groups -OCH3 is 1. The molecule has 2 aliphatic heterocycles. The van der Waals surface area contributed by atoms with E-state index in [9.17, 15) is 0 Å². The number of ether oxygens (including phenoxy) is 2. The molecule has 0 bridgehead atoms. The van der Waals surface area contributed by atoms with Gasteiger partial charge in [0.1, 0.15) is 5.75 Å². The zero-order valence-electron chi connectivity index (χ0n) is 13.8. The molecule has 24 heavy (non-hydrogen) atoms. The standard InChI is InChI=1S/C18H22N4O2/c1-23-15-5-3-14(4-6-15)11-21-12-16-17(13-21)24-10-9-22(16)18-19-7-2-8-20-18/h2-8,16-17H,9-13H2,1H3/t16-,17+/m0/s1. The quantitative estimate of drug-likeness (QED) is 0.850. The summed E-state index contributed by atoms with van der Waals surface area (Å²) in [5, 5.41) is 0. The zero-order chi connectivity index (χ0) is 16.4. The molecule has 2 atom stereocenters. The van der Waals surface area contributed by atoms with Crippen molar-refractivity contribution in [1.82, 2.24) is 14.9 Å². The second kappa shape index (κ2) is 6.75. The fourth-order valence-electron chi connectivity index (χ4n) is 3.57. The van der Waals surface area contributed by atoms with Gasteiger partial charge in [-0.2, -0.15) is 0 Å². The monoisotopic (exact) mass is 326 g/mol. The third kappa shape index (κ3) is 3.07. The number of aromatic nitrogens is 2. The number of hydrogen-bond acceptors (Lipinski definition) is 6. The molecule has 3 heterocycles. The Kier molecular flexibility index (Phi) is 4.32. The van der Waals surface area contributed by atoms with Gasteiger partial charge >= 0.3 is 0 Å². The number of fused-ring (bicyclic) bond motifs is 1. The minimum atomic E-state index is 0.223. The van der Waals surface area contributed by atoms with Crippen LogP contribution in [0.3, 0.4) is 0 Å². The Balaban J connectivity index is 1.45. The van der Waals surface area contributed by atoms with Crippen molar-refractivity contribution in [3.8, 4) is 5.75 Å². The summed E-state index contributed by atoms with van der Waals surface area (Å²) in [6.45, 7) is 4.41.